The average Bonchev–Trinajstić information content (AvgIpc) is 3.05. The van der Waals surface area contributed by atoms with Crippen molar-refractivity contribution in [3.8, 4) is 0 Å². The first-order valence-electron chi connectivity index (χ1n) is 18.6. The molecule has 0 aromatic heterocycles. The van der Waals surface area contributed by atoms with E-state index in [2.05, 4.69) is 0 Å². The van der Waals surface area contributed by atoms with Crippen molar-refractivity contribution in [3.63, 3.8) is 0 Å². The Morgan fingerprint density at radius 3 is 1.67 bits per heavy atom. The summed E-state index contributed by atoms with van der Waals surface area (Å²) < 4.78 is 11.4. The van der Waals surface area contributed by atoms with Crippen LogP contribution < -0.4 is 0 Å². The quantitative estimate of drug-likeness (QED) is 0.169. The van der Waals surface area contributed by atoms with Gasteiger partial charge in [0.1, 0.15) is 6.10 Å². The standard InChI is InChI=1S/C41H64O11/c1-28-18-15-13-11-9-7-5-6-8-10-12-14-16-19-34(44)24-38-30(3)37(47)27-41(50,52-38)26-36(46)23-33(43)21-17-20-32(42)22-35(45)25-39(48)51-31(4)29(2)40(28)49/h5-16,18-19,28-38,40,42-47,49-50H,17,20-27H2,1-4H3/t28-,29-,30+,31-,32+,33-,34-,35+,36-,37-,38-,40+,41+/m0/s1. The summed E-state index contributed by atoms with van der Waals surface area (Å²) in [5.41, 5.74) is 0. The van der Waals surface area contributed by atoms with Gasteiger partial charge in [-0.2, -0.15) is 0 Å². The molecule has 0 aromatic rings. The van der Waals surface area contributed by atoms with Crippen molar-refractivity contribution < 1.29 is 55.1 Å². The third-order valence-electron chi connectivity index (χ3n) is 9.79. The Labute approximate surface area is 309 Å². The molecular formula is C41H64O11. The number of carbonyl (C=O) groups excluding carboxylic acids is 1. The van der Waals surface area contributed by atoms with Crippen LogP contribution in [0.4, 0.5) is 0 Å². The number of cyclic esters (lactones) is 1. The molecule has 2 rings (SSSR count). The molecule has 11 heteroatoms. The lowest BCUT2D eigenvalue weighted by atomic mass is 9.84. The summed E-state index contributed by atoms with van der Waals surface area (Å²) in [7, 11) is 0. The number of carbonyl (C=O) groups is 1. The van der Waals surface area contributed by atoms with Crippen LogP contribution in [0.5, 0.6) is 0 Å². The predicted octanol–water partition coefficient (Wildman–Crippen LogP) is 3.86. The van der Waals surface area contributed by atoms with Crippen molar-refractivity contribution in [3.05, 3.63) is 85.1 Å². The smallest absolute Gasteiger partial charge is 0.308 e. The number of fused-ring (bicyclic) bond motifs is 2. The number of rotatable bonds is 0. The molecule has 1 fully saturated rings. The van der Waals surface area contributed by atoms with E-state index in [9.17, 15) is 45.6 Å². The number of allylic oxidation sites excluding steroid dienone is 12. The average molecular weight is 733 g/mol. The maximum Gasteiger partial charge on any atom is 0.308 e. The highest BCUT2D eigenvalue weighted by Crippen LogP contribution is 2.36. The zero-order valence-electron chi connectivity index (χ0n) is 31.2. The topological polar surface area (TPSA) is 197 Å². The van der Waals surface area contributed by atoms with Crippen LogP contribution in [0.2, 0.25) is 0 Å². The number of hydrogen-bond donors (Lipinski definition) is 8. The molecular weight excluding hydrogens is 668 g/mol. The fraction of sp³-hybridized carbons (Fsp3) is 0.634. The molecule has 1 saturated heterocycles. The molecule has 8 N–H and O–H groups in total. The SMILES string of the molecule is C[C@@H]1[C@H](O)[C@@H](C)C=CC=CC=CC=CC=CC=CC=C[C@H](O)C[C@@H]2O[C@](O)(C[C@@H](O)C[C@@H](O)CCC[C@@H](O)C[C@@H](O)CC(=O)O[C@H]1C)C[C@H](O)[C@H]2C. The second-order valence-electron chi connectivity index (χ2n) is 14.6. The molecule has 0 spiro atoms. The molecule has 13 atom stereocenters. The van der Waals surface area contributed by atoms with Crippen LogP contribution in [0, 0.1) is 17.8 Å². The normalized spacial score (nSPS) is 39.3. The molecule has 0 radical (unpaired) electrons. The van der Waals surface area contributed by atoms with E-state index in [0.29, 0.717) is 6.42 Å². The first kappa shape index (κ1) is 45.4. The van der Waals surface area contributed by atoms with E-state index >= 15 is 0 Å². The number of ether oxygens (including phenoxy) is 2. The van der Waals surface area contributed by atoms with Crippen LogP contribution in [0.25, 0.3) is 0 Å². The third-order valence-corrected chi connectivity index (χ3v) is 9.79. The molecule has 0 saturated carbocycles. The number of aliphatic hydroxyl groups is 8. The maximum atomic E-state index is 12.5. The van der Waals surface area contributed by atoms with Crippen molar-refractivity contribution in [1.82, 2.24) is 0 Å². The lowest BCUT2D eigenvalue weighted by Crippen LogP contribution is -2.53. The van der Waals surface area contributed by atoms with Crippen LogP contribution in [-0.4, -0.2) is 108 Å². The predicted molar refractivity (Wildman–Crippen MR) is 200 cm³/mol. The van der Waals surface area contributed by atoms with E-state index in [1.165, 1.54) is 0 Å². The van der Waals surface area contributed by atoms with Crippen LogP contribution in [0.1, 0.15) is 85.5 Å². The van der Waals surface area contributed by atoms with Gasteiger partial charge in [-0.05, 0) is 39.0 Å². The maximum absolute atomic E-state index is 12.5. The van der Waals surface area contributed by atoms with Gasteiger partial charge in [-0.3, -0.25) is 4.79 Å². The minimum absolute atomic E-state index is 0.0638. The Morgan fingerprint density at radius 1 is 0.615 bits per heavy atom. The summed E-state index contributed by atoms with van der Waals surface area (Å²) in [6, 6.07) is 0. The van der Waals surface area contributed by atoms with E-state index < -0.39 is 66.7 Å². The van der Waals surface area contributed by atoms with Gasteiger partial charge in [-0.1, -0.05) is 106 Å². The molecule has 2 bridgehead atoms. The minimum atomic E-state index is -1.85. The largest absolute Gasteiger partial charge is 0.462 e. The molecule has 0 unspecified atom stereocenters. The first-order chi connectivity index (χ1) is 24.6. The van der Waals surface area contributed by atoms with Crippen LogP contribution in [-0.2, 0) is 14.3 Å². The Hall–Kier alpha value is -2.71. The molecule has 0 aromatic carbocycles. The van der Waals surface area contributed by atoms with Crippen molar-refractivity contribution >= 4 is 5.97 Å². The molecule has 2 aliphatic rings. The summed E-state index contributed by atoms with van der Waals surface area (Å²) in [6.45, 7) is 7.13. The molecule has 2 aliphatic heterocycles. The Balaban J connectivity index is 2.09. The molecule has 11 nitrogen and oxygen atoms in total. The summed E-state index contributed by atoms with van der Waals surface area (Å²) in [5, 5.41) is 85.3. The van der Waals surface area contributed by atoms with Gasteiger partial charge in [0.15, 0.2) is 5.79 Å². The van der Waals surface area contributed by atoms with Crippen LogP contribution >= 0.6 is 0 Å². The van der Waals surface area contributed by atoms with E-state index in [4.69, 9.17) is 9.47 Å². The summed E-state index contributed by atoms with van der Waals surface area (Å²) >= 11 is 0. The van der Waals surface area contributed by atoms with Crippen molar-refractivity contribution in [1.29, 1.82) is 0 Å². The Morgan fingerprint density at radius 2 is 1.12 bits per heavy atom. The van der Waals surface area contributed by atoms with Gasteiger partial charge < -0.3 is 50.3 Å². The van der Waals surface area contributed by atoms with Crippen LogP contribution in [0.3, 0.4) is 0 Å². The van der Waals surface area contributed by atoms with Gasteiger partial charge in [0.05, 0.1) is 55.3 Å². The van der Waals surface area contributed by atoms with Gasteiger partial charge in [-0.25, -0.2) is 0 Å². The zero-order valence-corrected chi connectivity index (χ0v) is 31.2. The minimum Gasteiger partial charge on any atom is -0.462 e. The van der Waals surface area contributed by atoms with Gasteiger partial charge in [0, 0.05) is 37.0 Å². The van der Waals surface area contributed by atoms with Crippen LogP contribution in [0.15, 0.2) is 85.1 Å². The van der Waals surface area contributed by atoms with Gasteiger partial charge in [-0.15, -0.1) is 0 Å². The Bertz CT molecular complexity index is 1240. The fourth-order valence-electron chi connectivity index (χ4n) is 6.40. The molecule has 294 valence electrons. The highest BCUT2D eigenvalue weighted by Gasteiger charge is 2.45. The molecule has 52 heavy (non-hydrogen) atoms. The van der Waals surface area contributed by atoms with E-state index in [-0.39, 0.29) is 69.1 Å². The van der Waals surface area contributed by atoms with E-state index in [0.717, 1.165) is 0 Å². The first-order valence-corrected chi connectivity index (χ1v) is 18.6. The lowest BCUT2D eigenvalue weighted by molar-refractivity contribution is -0.300. The zero-order chi connectivity index (χ0) is 38.7. The van der Waals surface area contributed by atoms with Crippen molar-refractivity contribution in [2.45, 2.75) is 146 Å². The second-order valence-corrected chi connectivity index (χ2v) is 14.6. The fourth-order valence-corrected chi connectivity index (χ4v) is 6.40. The number of aliphatic hydroxyl groups excluding tert-OH is 7. The lowest BCUT2D eigenvalue weighted by Gasteiger charge is -2.44. The van der Waals surface area contributed by atoms with Crippen molar-refractivity contribution in [2.24, 2.45) is 17.8 Å². The second kappa shape index (κ2) is 23.9. The molecule has 0 amide bonds. The van der Waals surface area contributed by atoms with Gasteiger partial charge in [0.2, 0.25) is 0 Å². The van der Waals surface area contributed by atoms with E-state index in [1.807, 2.05) is 73.8 Å². The molecule has 2 heterocycles. The van der Waals surface area contributed by atoms with E-state index in [1.54, 1.807) is 39.0 Å². The summed E-state index contributed by atoms with van der Waals surface area (Å²) in [6.07, 6.45) is 17.5. The van der Waals surface area contributed by atoms with Gasteiger partial charge >= 0.3 is 5.97 Å². The van der Waals surface area contributed by atoms with Crippen molar-refractivity contribution in [2.75, 3.05) is 0 Å². The molecule has 0 aliphatic carbocycles. The van der Waals surface area contributed by atoms with Gasteiger partial charge in [0.25, 0.3) is 0 Å². The third kappa shape index (κ3) is 17.9. The highest BCUT2D eigenvalue weighted by atomic mass is 16.6. The summed E-state index contributed by atoms with van der Waals surface area (Å²) in [4.78, 5) is 12.5. The summed E-state index contributed by atoms with van der Waals surface area (Å²) in [5.74, 6) is -3.45. The number of hydrogen-bond acceptors (Lipinski definition) is 11. The Kier molecular flexibility index (Phi) is 20.8. The monoisotopic (exact) mass is 732 g/mol. The highest BCUT2D eigenvalue weighted by molar-refractivity contribution is 5.70. The number of esters is 1.